The van der Waals surface area contributed by atoms with Gasteiger partial charge in [0.25, 0.3) is 0 Å². The average Bonchev–Trinajstić information content (AvgIpc) is 2.78. The number of hydrogen-bond donors (Lipinski definition) is 0. The largest absolute Gasteiger partial charge is 0.458 e. The van der Waals surface area contributed by atoms with Crippen molar-refractivity contribution in [1.82, 2.24) is 9.97 Å². The SMILES string of the molecule is CCCCCCCc1cnc(-c2ccc(-c3cc(F)c(C#CC(F)(F)F)c(F)c3)cc2)nc1. The van der Waals surface area contributed by atoms with Crippen LogP contribution in [0.15, 0.2) is 48.8 Å². The lowest BCUT2D eigenvalue weighted by Gasteiger charge is -2.07. The molecule has 0 radical (unpaired) electrons. The molecule has 0 saturated carbocycles. The zero-order chi connectivity index (χ0) is 23.8. The van der Waals surface area contributed by atoms with Crippen LogP contribution in [-0.4, -0.2) is 16.1 Å². The van der Waals surface area contributed by atoms with Crippen molar-refractivity contribution in [2.75, 3.05) is 0 Å². The zero-order valence-corrected chi connectivity index (χ0v) is 18.1. The molecule has 0 aliphatic rings. The molecule has 0 aliphatic heterocycles. The van der Waals surface area contributed by atoms with Crippen LogP contribution in [0, 0.1) is 23.5 Å². The van der Waals surface area contributed by atoms with Gasteiger partial charge in [-0.25, -0.2) is 18.7 Å². The molecule has 2 nitrogen and oxygen atoms in total. The molecule has 33 heavy (non-hydrogen) atoms. The minimum atomic E-state index is -4.83. The van der Waals surface area contributed by atoms with Crippen molar-refractivity contribution < 1.29 is 22.0 Å². The van der Waals surface area contributed by atoms with Crippen LogP contribution in [0.3, 0.4) is 0 Å². The summed E-state index contributed by atoms with van der Waals surface area (Å²) in [5, 5.41) is 0. The highest BCUT2D eigenvalue weighted by Gasteiger charge is 2.23. The standard InChI is InChI=1S/C26H23F5N2/c1-2-3-4-5-6-7-18-16-32-25(33-17-18)20-10-8-19(9-11-20)21-14-23(27)22(24(28)15-21)12-13-26(29,30)31/h8-11,14-17H,2-7H2,1H3. The number of hydrogen-bond acceptors (Lipinski definition) is 2. The van der Waals surface area contributed by atoms with Gasteiger partial charge in [-0.2, -0.15) is 13.2 Å². The molecule has 3 aromatic rings. The number of rotatable bonds is 8. The minimum Gasteiger partial charge on any atom is -0.236 e. The Kier molecular flexibility index (Phi) is 8.16. The van der Waals surface area contributed by atoms with Crippen LogP contribution in [0.5, 0.6) is 0 Å². The van der Waals surface area contributed by atoms with Crippen molar-refractivity contribution in [3.63, 3.8) is 0 Å². The number of aromatic nitrogens is 2. The second-order valence-corrected chi connectivity index (χ2v) is 7.72. The third-order valence-corrected chi connectivity index (χ3v) is 5.12. The van der Waals surface area contributed by atoms with E-state index < -0.39 is 23.4 Å². The van der Waals surface area contributed by atoms with Gasteiger partial charge in [0, 0.05) is 23.9 Å². The summed E-state index contributed by atoms with van der Waals surface area (Å²) in [6.45, 7) is 2.18. The van der Waals surface area contributed by atoms with E-state index in [1.165, 1.54) is 31.6 Å². The highest BCUT2D eigenvalue weighted by Crippen LogP contribution is 2.27. The zero-order valence-electron chi connectivity index (χ0n) is 18.1. The maximum atomic E-state index is 14.2. The number of nitrogens with zero attached hydrogens (tertiary/aromatic N) is 2. The van der Waals surface area contributed by atoms with Crippen LogP contribution < -0.4 is 0 Å². The topological polar surface area (TPSA) is 25.8 Å². The third kappa shape index (κ3) is 7.11. The molecule has 0 bridgehead atoms. The van der Waals surface area contributed by atoms with E-state index in [0.717, 1.165) is 42.0 Å². The van der Waals surface area contributed by atoms with Crippen molar-refractivity contribution in [3.05, 3.63) is 71.6 Å². The minimum absolute atomic E-state index is 0.188. The monoisotopic (exact) mass is 458 g/mol. The molecule has 1 aromatic heterocycles. The van der Waals surface area contributed by atoms with Crippen LogP contribution in [0.25, 0.3) is 22.5 Å². The summed E-state index contributed by atoms with van der Waals surface area (Å²) in [4.78, 5) is 8.82. The maximum absolute atomic E-state index is 14.2. The van der Waals surface area contributed by atoms with Gasteiger partial charge in [-0.05, 0) is 41.7 Å². The Morgan fingerprint density at radius 3 is 1.94 bits per heavy atom. The Labute approximate surface area is 189 Å². The molecule has 0 amide bonds. The molecule has 172 valence electrons. The summed E-state index contributed by atoms with van der Waals surface area (Å²) in [6.07, 6.45) is 5.71. The molecule has 0 atom stereocenters. The molecule has 0 saturated heterocycles. The Hall–Kier alpha value is -3.27. The van der Waals surface area contributed by atoms with Gasteiger partial charge >= 0.3 is 6.18 Å². The van der Waals surface area contributed by atoms with Gasteiger partial charge < -0.3 is 0 Å². The lowest BCUT2D eigenvalue weighted by molar-refractivity contribution is -0.0696. The van der Waals surface area contributed by atoms with Crippen molar-refractivity contribution in [1.29, 1.82) is 0 Å². The van der Waals surface area contributed by atoms with Crippen LogP contribution in [-0.2, 0) is 6.42 Å². The van der Waals surface area contributed by atoms with Crippen LogP contribution >= 0.6 is 0 Å². The lowest BCUT2D eigenvalue weighted by atomic mass is 10.0. The maximum Gasteiger partial charge on any atom is 0.458 e. The molecule has 2 aromatic carbocycles. The van der Waals surface area contributed by atoms with Gasteiger partial charge in [0.15, 0.2) is 5.82 Å². The number of aryl methyl sites for hydroxylation is 1. The van der Waals surface area contributed by atoms with E-state index in [1.807, 2.05) is 12.4 Å². The van der Waals surface area contributed by atoms with E-state index in [9.17, 15) is 22.0 Å². The molecule has 0 spiro atoms. The quantitative estimate of drug-likeness (QED) is 0.198. The van der Waals surface area contributed by atoms with E-state index in [1.54, 1.807) is 24.3 Å². The van der Waals surface area contributed by atoms with Crippen molar-refractivity contribution in [2.24, 2.45) is 0 Å². The Balaban J connectivity index is 1.70. The molecule has 0 unspecified atom stereocenters. The molecular weight excluding hydrogens is 435 g/mol. The van der Waals surface area contributed by atoms with Crippen molar-refractivity contribution in [3.8, 4) is 34.4 Å². The van der Waals surface area contributed by atoms with Gasteiger partial charge in [0.05, 0.1) is 5.56 Å². The molecule has 7 heteroatoms. The van der Waals surface area contributed by atoms with Crippen LogP contribution in [0.4, 0.5) is 22.0 Å². The first-order valence-electron chi connectivity index (χ1n) is 10.8. The van der Waals surface area contributed by atoms with E-state index in [4.69, 9.17) is 0 Å². The smallest absolute Gasteiger partial charge is 0.236 e. The summed E-state index contributed by atoms with van der Waals surface area (Å²) in [6, 6.07) is 8.67. The van der Waals surface area contributed by atoms with Gasteiger partial charge in [-0.15, -0.1) is 0 Å². The van der Waals surface area contributed by atoms with Gasteiger partial charge in [0.1, 0.15) is 11.6 Å². The molecule has 3 rings (SSSR count). The van der Waals surface area contributed by atoms with E-state index in [0.29, 0.717) is 11.4 Å². The van der Waals surface area contributed by atoms with Crippen molar-refractivity contribution >= 4 is 0 Å². The number of halogens is 5. The first-order chi connectivity index (χ1) is 15.8. The van der Waals surface area contributed by atoms with E-state index in [-0.39, 0.29) is 5.56 Å². The predicted octanol–water partition coefficient (Wildman–Crippen LogP) is 7.52. The summed E-state index contributed by atoms with van der Waals surface area (Å²) in [5.41, 5.74) is 1.59. The lowest BCUT2D eigenvalue weighted by Crippen LogP contribution is -2.02. The second kappa shape index (κ2) is 11.0. The Morgan fingerprint density at radius 2 is 1.36 bits per heavy atom. The summed E-state index contributed by atoms with van der Waals surface area (Å²) in [5.74, 6) is 0.626. The fourth-order valence-electron chi connectivity index (χ4n) is 3.37. The van der Waals surface area contributed by atoms with E-state index in [2.05, 4.69) is 16.9 Å². The second-order valence-electron chi connectivity index (χ2n) is 7.72. The average molecular weight is 458 g/mol. The summed E-state index contributed by atoms with van der Waals surface area (Å²) in [7, 11) is 0. The van der Waals surface area contributed by atoms with Crippen LogP contribution in [0.1, 0.15) is 50.2 Å². The molecule has 0 N–H and O–H groups in total. The molecular formula is C26H23F5N2. The fourth-order valence-corrected chi connectivity index (χ4v) is 3.37. The first kappa shape index (κ1) is 24.4. The molecule has 0 aliphatic carbocycles. The summed E-state index contributed by atoms with van der Waals surface area (Å²) < 4.78 is 65.0. The Bertz CT molecular complexity index is 1100. The fraction of sp³-hybridized carbons (Fsp3) is 0.308. The highest BCUT2D eigenvalue weighted by atomic mass is 19.4. The molecule has 0 fully saturated rings. The third-order valence-electron chi connectivity index (χ3n) is 5.12. The highest BCUT2D eigenvalue weighted by molar-refractivity contribution is 5.68. The first-order valence-corrected chi connectivity index (χ1v) is 10.8. The summed E-state index contributed by atoms with van der Waals surface area (Å²) >= 11 is 0. The predicted molar refractivity (Wildman–Crippen MR) is 118 cm³/mol. The number of benzene rings is 2. The molecule has 1 heterocycles. The van der Waals surface area contributed by atoms with Gasteiger partial charge in [0.2, 0.25) is 0 Å². The van der Waals surface area contributed by atoms with E-state index >= 15 is 0 Å². The van der Waals surface area contributed by atoms with Gasteiger partial charge in [-0.1, -0.05) is 62.8 Å². The normalized spacial score (nSPS) is 11.2. The van der Waals surface area contributed by atoms with Crippen LogP contribution in [0.2, 0.25) is 0 Å². The Morgan fingerprint density at radius 1 is 0.788 bits per heavy atom. The number of alkyl halides is 3. The van der Waals surface area contributed by atoms with Crippen molar-refractivity contribution in [2.45, 2.75) is 51.6 Å². The number of unbranched alkanes of at least 4 members (excludes halogenated alkanes) is 4. The van der Waals surface area contributed by atoms with Gasteiger partial charge in [-0.3, -0.25) is 0 Å².